The van der Waals surface area contributed by atoms with E-state index in [1.165, 1.54) is 6.20 Å². The van der Waals surface area contributed by atoms with Gasteiger partial charge in [-0.1, -0.05) is 0 Å². The summed E-state index contributed by atoms with van der Waals surface area (Å²) in [7, 11) is 0. The number of ether oxygens (including phenoxy) is 1. The van der Waals surface area contributed by atoms with E-state index >= 15 is 0 Å². The van der Waals surface area contributed by atoms with E-state index in [-0.39, 0.29) is 12.1 Å². The van der Waals surface area contributed by atoms with Crippen molar-refractivity contribution in [2.45, 2.75) is 70.2 Å². The van der Waals surface area contributed by atoms with Crippen molar-refractivity contribution in [3.05, 3.63) is 23.9 Å². The summed E-state index contributed by atoms with van der Waals surface area (Å²) in [4.78, 5) is 29.9. The number of nitrogens with one attached hydrogen (secondary N) is 1. The predicted molar refractivity (Wildman–Crippen MR) is 94.4 cm³/mol. The molecule has 2 saturated heterocycles. The molecule has 2 unspecified atom stereocenters. The van der Waals surface area contributed by atoms with Gasteiger partial charge in [0, 0.05) is 24.3 Å². The third-order valence-electron chi connectivity index (χ3n) is 4.75. The molecular formula is C18H26N4O3. The summed E-state index contributed by atoms with van der Waals surface area (Å²) in [5.74, 6) is 0.399. The van der Waals surface area contributed by atoms with Crippen molar-refractivity contribution in [1.82, 2.24) is 10.3 Å². The number of carbonyl (C=O) groups excluding carboxylic acids is 2. The molecular weight excluding hydrogens is 320 g/mol. The second-order valence-corrected chi connectivity index (χ2v) is 7.88. The summed E-state index contributed by atoms with van der Waals surface area (Å²) in [6, 6.07) is 4.37. The Morgan fingerprint density at radius 2 is 1.88 bits per heavy atom. The number of alkyl carbamates (subject to hydrolysis) is 1. The summed E-state index contributed by atoms with van der Waals surface area (Å²) in [5, 5.41) is 3.00. The zero-order valence-corrected chi connectivity index (χ0v) is 15.0. The number of rotatable bonds is 3. The molecule has 0 saturated carbocycles. The SMILES string of the molecule is CC(C)(C)OC(=O)NC1CC2CCC(C1)N2c1ccc(C(N)=O)cn1. The molecule has 136 valence electrons. The molecule has 0 radical (unpaired) electrons. The van der Waals surface area contributed by atoms with Gasteiger partial charge in [0.05, 0.1) is 5.56 Å². The number of nitrogens with zero attached hydrogens (tertiary/aromatic N) is 2. The number of hydrogen-bond acceptors (Lipinski definition) is 5. The maximum atomic E-state index is 12.0. The number of primary amides is 1. The van der Waals surface area contributed by atoms with Gasteiger partial charge < -0.3 is 20.7 Å². The molecule has 1 aromatic heterocycles. The number of amides is 2. The highest BCUT2D eigenvalue weighted by Crippen LogP contribution is 2.38. The van der Waals surface area contributed by atoms with Crippen LogP contribution in [-0.2, 0) is 4.74 Å². The lowest BCUT2D eigenvalue weighted by Crippen LogP contribution is -2.51. The van der Waals surface area contributed by atoms with Crippen molar-refractivity contribution in [2.24, 2.45) is 5.73 Å². The molecule has 7 nitrogen and oxygen atoms in total. The van der Waals surface area contributed by atoms with E-state index in [1.54, 1.807) is 6.07 Å². The van der Waals surface area contributed by atoms with Gasteiger partial charge in [0.25, 0.3) is 0 Å². The average molecular weight is 346 g/mol. The van der Waals surface area contributed by atoms with Gasteiger partial charge in [-0.15, -0.1) is 0 Å². The van der Waals surface area contributed by atoms with Crippen LogP contribution >= 0.6 is 0 Å². The van der Waals surface area contributed by atoms with Crippen LogP contribution in [0.15, 0.2) is 18.3 Å². The molecule has 3 heterocycles. The maximum Gasteiger partial charge on any atom is 0.407 e. The number of nitrogens with two attached hydrogens (primary N) is 1. The molecule has 0 spiro atoms. The molecule has 1 aromatic rings. The van der Waals surface area contributed by atoms with E-state index in [0.29, 0.717) is 17.6 Å². The number of carbonyl (C=O) groups is 2. The number of piperidine rings is 1. The highest BCUT2D eigenvalue weighted by molar-refractivity contribution is 5.92. The van der Waals surface area contributed by atoms with Crippen LogP contribution in [0.5, 0.6) is 0 Å². The first kappa shape index (κ1) is 17.5. The van der Waals surface area contributed by atoms with Gasteiger partial charge in [0.15, 0.2) is 0 Å². The Morgan fingerprint density at radius 3 is 2.36 bits per heavy atom. The standard InChI is InChI=1S/C18H26N4O3/c1-18(2,3)25-17(24)21-12-8-13-5-6-14(9-12)22(13)15-7-4-11(10-20-15)16(19)23/h4,7,10,12-14H,5-6,8-9H2,1-3H3,(H2,19,23)(H,21,24). The first-order valence-electron chi connectivity index (χ1n) is 8.76. The Morgan fingerprint density at radius 1 is 1.24 bits per heavy atom. The van der Waals surface area contributed by atoms with Crippen LogP contribution in [0.1, 0.15) is 56.8 Å². The Bertz CT molecular complexity index is 639. The molecule has 2 fully saturated rings. The van der Waals surface area contributed by atoms with E-state index in [9.17, 15) is 9.59 Å². The molecule has 3 rings (SSSR count). The van der Waals surface area contributed by atoms with Gasteiger partial charge in [-0.05, 0) is 58.6 Å². The minimum atomic E-state index is -0.490. The van der Waals surface area contributed by atoms with Crippen LogP contribution in [-0.4, -0.2) is 40.7 Å². The van der Waals surface area contributed by atoms with Gasteiger partial charge in [-0.25, -0.2) is 9.78 Å². The molecule has 2 bridgehead atoms. The van der Waals surface area contributed by atoms with Crippen LogP contribution in [0.25, 0.3) is 0 Å². The Labute approximate surface area is 147 Å². The van der Waals surface area contributed by atoms with Crippen molar-refractivity contribution in [1.29, 1.82) is 0 Å². The molecule has 2 atom stereocenters. The van der Waals surface area contributed by atoms with E-state index < -0.39 is 11.5 Å². The first-order valence-corrected chi connectivity index (χ1v) is 8.76. The molecule has 2 aliphatic rings. The number of pyridine rings is 1. The summed E-state index contributed by atoms with van der Waals surface area (Å²) < 4.78 is 5.36. The van der Waals surface area contributed by atoms with Crippen LogP contribution in [0.2, 0.25) is 0 Å². The summed E-state index contributed by atoms with van der Waals surface area (Å²) in [6.45, 7) is 5.58. The number of fused-ring (bicyclic) bond motifs is 2. The highest BCUT2D eigenvalue weighted by atomic mass is 16.6. The molecule has 2 amide bonds. The van der Waals surface area contributed by atoms with Crippen molar-refractivity contribution in [2.75, 3.05) is 4.90 Å². The van der Waals surface area contributed by atoms with Crippen LogP contribution < -0.4 is 16.0 Å². The maximum absolute atomic E-state index is 12.0. The third kappa shape index (κ3) is 4.03. The normalized spacial score (nSPS) is 25.6. The fourth-order valence-corrected chi connectivity index (χ4v) is 3.83. The molecule has 7 heteroatoms. The average Bonchev–Trinajstić information content (AvgIpc) is 2.76. The lowest BCUT2D eigenvalue weighted by atomic mass is 9.97. The monoisotopic (exact) mass is 346 g/mol. The van der Waals surface area contributed by atoms with E-state index in [0.717, 1.165) is 31.5 Å². The largest absolute Gasteiger partial charge is 0.444 e. The van der Waals surface area contributed by atoms with Gasteiger partial charge in [-0.2, -0.15) is 0 Å². The fourth-order valence-electron chi connectivity index (χ4n) is 3.83. The van der Waals surface area contributed by atoms with Crippen molar-refractivity contribution < 1.29 is 14.3 Å². The second-order valence-electron chi connectivity index (χ2n) is 7.88. The van der Waals surface area contributed by atoms with E-state index in [2.05, 4.69) is 15.2 Å². The molecule has 2 aliphatic heterocycles. The van der Waals surface area contributed by atoms with Gasteiger partial charge in [-0.3, -0.25) is 4.79 Å². The fraction of sp³-hybridized carbons (Fsp3) is 0.611. The van der Waals surface area contributed by atoms with E-state index in [1.807, 2.05) is 26.8 Å². The summed E-state index contributed by atoms with van der Waals surface area (Å²) in [5.41, 5.74) is 5.20. The van der Waals surface area contributed by atoms with Crippen LogP contribution in [0.3, 0.4) is 0 Å². The quantitative estimate of drug-likeness (QED) is 0.874. The lowest BCUT2D eigenvalue weighted by Gasteiger charge is -2.40. The lowest BCUT2D eigenvalue weighted by molar-refractivity contribution is 0.0492. The topological polar surface area (TPSA) is 97.5 Å². The summed E-state index contributed by atoms with van der Waals surface area (Å²) in [6.07, 6.45) is 5.08. The minimum Gasteiger partial charge on any atom is -0.444 e. The smallest absolute Gasteiger partial charge is 0.407 e. The first-order chi connectivity index (χ1) is 11.7. The predicted octanol–water partition coefficient (Wildman–Crippen LogP) is 2.21. The Kier molecular flexibility index (Phi) is 4.58. The van der Waals surface area contributed by atoms with Gasteiger partial charge >= 0.3 is 6.09 Å². The van der Waals surface area contributed by atoms with Crippen LogP contribution in [0, 0.1) is 0 Å². The van der Waals surface area contributed by atoms with E-state index in [4.69, 9.17) is 10.5 Å². The Hall–Kier alpha value is -2.31. The zero-order chi connectivity index (χ0) is 18.2. The van der Waals surface area contributed by atoms with Gasteiger partial charge in [0.1, 0.15) is 11.4 Å². The molecule has 0 aliphatic carbocycles. The molecule has 0 aromatic carbocycles. The number of aromatic nitrogens is 1. The number of anilines is 1. The minimum absolute atomic E-state index is 0.119. The van der Waals surface area contributed by atoms with Crippen molar-refractivity contribution in [3.8, 4) is 0 Å². The van der Waals surface area contributed by atoms with Crippen molar-refractivity contribution >= 4 is 17.8 Å². The number of hydrogen-bond donors (Lipinski definition) is 2. The third-order valence-corrected chi connectivity index (χ3v) is 4.75. The molecule has 3 N–H and O–H groups in total. The van der Waals surface area contributed by atoms with Gasteiger partial charge in [0.2, 0.25) is 5.91 Å². The van der Waals surface area contributed by atoms with Crippen molar-refractivity contribution in [3.63, 3.8) is 0 Å². The van der Waals surface area contributed by atoms with Crippen LogP contribution in [0.4, 0.5) is 10.6 Å². The highest BCUT2D eigenvalue weighted by Gasteiger charge is 2.42. The zero-order valence-electron chi connectivity index (χ0n) is 15.0. The molecule has 25 heavy (non-hydrogen) atoms. The Balaban J connectivity index is 1.64. The second kappa shape index (κ2) is 6.54. The summed E-state index contributed by atoms with van der Waals surface area (Å²) >= 11 is 0.